The number of ether oxygens (including phenoxy) is 1. The van der Waals surface area contributed by atoms with Crippen LogP contribution in [0.1, 0.15) is 56.1 Å². The number of carboxylic acid groups (broad SMARTS) is 1. The van der Waals surface area contributed by atoms with Gasteiger partial charge in [0.05, 0.1) is 5.92 Å². The van der Waals surface area contributed by atoms with Gasteiger partial charge in [-0.25, -0.2) is 4.79 Å². The number of carbonyl (C=O) groups is 3. The molecule has 0 heterocycles. The zero-order chi connectivity index (χ0) is 23.4. The average molecular weight is 451 g/mol. The quantitative estimate of drug-likeness (QED) is 0.563. The van der Waals surface area contributed by atoms with Crippen LogP contribution < -0.4 is 10.6 Å². The molecule has 174 valence electrons. The minimum absolute atomic E-state index is 0.0261. The highest BCUT2D eigenvalue weighted by Crippen LogP contribution is 2.44. The molecule has 2 aromatic carbocycles. The number of hydrogen-bond donors (Lipinski definition) is 3. The van der Waals surface area contributed by atoms with Crippen molar-refractivity contribution in [3.8, 4) is 11.1 Å². The van der Waals surface area contributed by atoms with Crippen LogP contribution in [0.3, 0.4) is 0 Å². The third-order valence-electron chi connectivity index (χ3n) is 6.77. The molecule has 1 unspecified atom stereocenters. The molecule has 1 fully saturated rings. The van der Waals surface area contributed by atoms with Crippen LogP contribution in [0.5, 0.6) is 0 Å². The molecule has 3 atom stereocenters. The van der Waals surface area contributed by atoms with E-state index < -0.39 is 18.0 Å². The minimum atomic E-state index is -0.874. The van der Waals surface area contributed by atoms with Gasteiger partial charge in [-0.1, -0.05) is 61.9 Å². The van der Waals surface area contributed by atoms with Crippen molar-refractivity contribution in [3.63, 3.8) is 0 Å². The highest BCUT2D eigenvalue weighted by Gasteiger charge is 2.34. The maximum Gasteiger partial charge on any atom is 0.407 e. The topological polar surface area (TPSA) is 105 Å². The standard InChI is InChI=1S/C26H30N2O5/c1-2-16(14-24(29)28-23-13-7-12-21(23)25(30)31)27-26(32)33-15-22-19-10-5-3-8-17(19)18-9-4-6-11-20(18)22/h3-6,8-11,16,21-23H,2,7,12-15H2,1H3,(H,27,32)(H,28,29)(H,30,31)/t16?,21-,23+/m0/s1. The molecule has 7 heteroatoms. The second-order valence-electron chi connectivity index (χ2n) is 8.83. The van der Waals surface area contributed by atoms with Crippen LogP contribution in [0.25, 0.3) is 11.1 Å². The number of alkyl carbamates (subject to hydrolysis) is 1. The Hall–Kier alpha value is -3.35. The van der Waals surface area contributed by atoms with E-state index in [2.05, 4.69) is 34.9 Å². The summed E-state index contributed by atoms with van der Waals surface area (Å²) in [6.45, 7) is 2.10. The Morgan fingerprint density at radius 1 is 1.03 bits per heavy atom. The largest absolute Gasteiger partial charge is 0.481 e. The van der Waals surface area contributed by atoms with Gasteiger partial charge in [-0.2, -0.15) is 0 Å². The second-order valence-corrected chi connectivity index (χ2v) is 8.83. The summed E-state index contributed by atoms with van der Waals surface area (Å²) in [6, 6.07) is 15.6. The van der Waals surface area contributed by atoms with Gasteiger partial charge in [-0.05, 0) is 41.5 Å². The number of carboxylic acids is 1. The van der Waals surface area contributed by atoms with Crippen LogP contribution in [0.15, 0.2) is 48.5 Å². The summed E-state index contributed by atoms with van der Waals surface area (Å²) in [5.74, 6) is -1.69. The van der Waals surface area contributed by atoms with Crippen molar-refractivity contribution in [1.82, 2.24) is 10.6 Å². The van der Waals surface area contributed by atoms with Gasteiger partial charge < -0.3 is 20.5 Å². The predicted octanol–water partition coefficient (Wildman–Crippen LogP) is 4.06. The molecule has 33 heavy (non-hydrogen) atoms. The van der Waals surface area contributed by atoms with Crippen LogP contribution in [-0.4, -0.2) is 41.8 Å². The molecule has 2 aromatic rings. The number of amides is 2. The van der Waals surface area contributed by atoms with Crippen molar-refractivity contribution in [1.29, 1.82) is 0 Å². The molecule has 0 aromatic heterocycles. The van der Waals surface area contributed by atoms with E-state index in [1.165, 1.54) is 0 Å². The van der Waals surface area contributed by atoms with Gasteiger partial charge in [-0.15, -0.1) is 0 Å². The van der Waals surface area contributed by atoms with Gasteiger partial charge in [0, 0.05) is 24.4 Å². The molecular weight excluding hydrogens is 420 g/mol. The smallest absolute Gasteiger partial charge is 0.407 e. The van der Waals surface area contributed by atoms with Crippen molar-refractivity contribution < 1.29 is 24.2 Å². The minimum Gasteiger partial charge on any atom is -0.481 e. The summed E-state index contributed by atoms with van der Waals surface area (Å²) in [5, 5.41) is 14.9. The highest BCUT2D eigenvalue weighted by atomic mass is 16.5. The Kier molecular flexibility index (Phi) is 6.96. The van der Waals surface area contributed by atoms with Gasteiger partial charge in [-0.3, -0.25) is 9.59 Å². The molecule has 0 aliphatic heterocycles. The highest BCUT2D eigenvalue weighted by molar-refractivity contribution is 5.80. The van der Waals surface area contributed by atoms with E-state index in [0.717, 1.165) is 28.7 Å². The lowest BCUT2D eigenvalue weighted by molar-refractivity contribution is -0.142. The number of carbonyl (C=O) groups excluding carboxylic acids is 2. The van der Waals surface area contributed by atoms with Gasteiger partial charge in [0.25, 0.3) is 0 Å². The summed E-state index contributed by atoms with van der Waals surface area (Å²) >= 11 is 0. The second kappa shape index (κ2) is 10.1. The van der Waals surface area contributed by atoms with Crippen molar-refractivity contribution in [3.05, 3.63) is 59.7 Å². The lowest BCUT2D eigenvalue weighted by atomic mass is 9.98. The molecule has 2 amide bonds. The fourth-order valence-corrected chi connectivity index (χ4v) is 5.02. The van der Waals surface area contributed by atoms with Crippen molar-refractivity contribution in [2.75, 3.05) is 6.61 Å². The van der Waals surface area contributed by atoms with Crippen LogP contribution in [0.2, 0.25) is 0 Å². The maximum absolute atomic E-state index is 12.5. The zero-order valence-electron chi connectivity index (χ0n) is 18.8. The number of benzene rings is 2. The van der Waals surface area contributed by atoms with Gasteiger partial charge >= 0.3 is 12.1 Å². The molecule has 2 aliphatic carbocycles. The van der Waals surface area contributed by atoms with Gasteiger partial charge in [0.15, 0.2) is 0 Å². The number of rotatable bonds is 8. The van der Waals surface area contributed by atoms with Crippen LogP contribution in [0, 0.1) is 5.92 Å². The van der Waals surface area contributed by atoms with Gasteiger partial charge in [0.2, 0.25) is 5.91 Å². The van der Waals surface area contributed by atoms with E-state index in [1.807, 2.05) is 31.2 Å². The van der Waals surface area contributed by atoms with E-state index in [-0.39, 0.29) is 36.9 Å². The van der Waals surface area contributed by atoms with E-state index in [9.17, 15) is 19.5 Å². The SMILES string of the molecule is CCC(CC(=O)N[C@@H]1CCC[C@@H]1C(=O)O)NC(=O)OCC1c2ccccc2-c2ccccc21. The summed E-state index contributed by atoms with van der Waals surface area (Å²) in [5.41, 5.74) is 4.61. The Balaban J connectivity index is 1.31. The number of nitrogens with one attached hydrogen (secondary N) is 2. The molecule has 0 bridgehead atoms. The third-order valence-corrected chi connectivity index (χ3v) is 6.77. The van der Waals surface area contributed by atoms with Crippen molar-refractivity contribution in [2.45, 2.75) is 57.0 Å². The molecule has 3 N–H and O–H groups in total. The van der Waals surface area contributed by atoms with E-state index in [1.54, 1.807) is 0 Å². The normalized spacial score (nSPS) is 19.9. The monoisotopic (exact) mass is 450 g/mol. The van der Waals surface area contributed by atoms with Gasteiger partial charge in [0.1, 0.15) is 6.61 Å². The van der Waals surface area contributed by atoms with E-state index >= 15 is 0 Å². The average Bonchev–Trinajstić information content (AvgIpc) is 3.40. The summed E-state index contributed by atoms with van der Waals surface area (Å²) < 4.78 is 5.58. The Bertz CT molecular complexity index is 991. The number of hydrogen-bond acceptors (Lipinski definition) is 4. The summed E-state index contributed by atoms with van der Waals surface area (Å²) in [7, 11) is 0. The van der Waals surface area contributed by atoms with E-state index in [0.29, 0.717) is 19.3 Å². The Morgan fingerprint density at radius 2 is 1.67 bits per heavy atom. The fraction of sp³-hybridized carbons (Fsp3) is 0.423. The lowest BCUT2D eigenvalue weighted by Crippen LogP contribution is -2.44. The van der Waals surface area contributed by atoms with Crippen molar-refractivity contribution >= 4 is 18.0 Å². The first-order valence-corrected chi connectivity index (χ1v) is 11.6. The van der Waals surface area contributed by atoms with Crippen LogP contribution in [-0.2, 0) is 14.3 Å². The molecule has 4 rings (SSSR count). The molecule has 2 aliphatic rings. The fourth-order valence-electron chi connectivity index (χ4n) is 5.02. The lowest BCUT2D eigenvalue weighted by Gasteiger charge is -2.21. The zero-order valence-corrected chi connectivity index (χ0v) is 18.8. The molecule has 0 radical (unpaired) electrons. The summed E-state index contributed by atoms with van der Waals surface area (Å²) in [6.07, 6.45) is 2.13. The van der Waals surface area contributed by atoms with Crippen LogP contribution >= 0.6 is 0 Å². The summed E-state index contributed by atoms with van der Waals surface area (Å²) in [4.78, 5) is 36.3. The maximum atomic E-state index is 12.5. The van der Waals surface area contributed by atoms with E-state index in [4.69, 9.17) is 4.74 Å². The first-order valence-electron chi connectivity index (χ1n) is 11.6. The molecule has 1 saturated carbocycles. The van der Waals surface area contributed by atoms with Crippen LogP contribution in [0.4, 0.5) is 4.79 Å². The third kappa shape index (κ3) is 5.02. The first-order chi connectivity index (χ1) is 16.0. The number of aliphatic carboxylic acids is 1. The molecule has 0 saturated heterocycles. The van der Waals surface area contributed by atoms with Crippen molar-refractivity contribution in [2.24, 2.45) is 5.92 Å². The Labute approximate surface area is 193 Å². The number of fused-ring (bicyclic) bond motifs is 3. The molecule has 7 nitrogen and oxygen atoms in total. The first kappa shape index (κ1) is 22.8. The predicted molar refractivity (Wildman–Crippen MR) is 124 cm³/mol. The molecular formula is C26H30N2O5. The molecule has 0 spiro atoms. The Morgan fingerprint density at radius 3 is 2.27 bits per heavy atom.